The summed E-state index contributed by atoms with van der Waals surface area (Å²) in [7, 11) is 0. The highest BCUT2D eigenvalue weighted by atomic mass is 32.1. The van der Waals surface area contributed by atoms with E-state index in [0.717, 1.165) is 30.8 Å². The van der Waals surface area contributed by atoms with Gasteiger partial charge in [-0.15, -0.1) is 11.3 Å². The van der Waals surface area contributed by atoms with E-state index in [2.05, 4.69) is 35.1 Å². The van der Waals surface area contributed by atoms with Crippen molar-refractivity contribution in [1.29, 1.82) is 0 Å². The first-order chi connectivity index (χ1) is 9.81. The van der Waals surface area contributed by atoms with E-state index in [-0.39, 0.29) is 0 Å². The molecule has 1 aromatic carbocycles. The van der Waals surface area contributed by atoms with Gasteiger partial charge < -0.3 is 10.7 Å². The fourth-order valence-corrected chi connectivity index (χ4v) is 3.32. The molecular formula is C16H19N3S. The van der Waals surface area contributed by atoms with Crippen molar-refractivity contribution in [1.82, 2.24) is 9.97 Å². The van der Waals surface area contributed by atoms with Gasteiger partial charge in [-0.2, -0.15) is 0 Å². The van der Waals surface area contributed by atoms with Gasteiger partial charge in [-0.25, -0.2) is 4.98 Å². The molecule has 104 valence electrons. The van der Waals surface area contributed by atoms with Crippen LogP contribution in [0.15, 0.2) is 29.8 Å². The summed E-state index contributed by atoms with van der Waals surface area (Å²) in [6, 6.07) is 6.48. The monoisotopic (exact) mass is 285 g/mol. The van der Waals surface area contributed by atoms with Gasteiger partial charge in [0.2, 0.25) is 0 Å². The lowest BCUT2D eigenvalue weighted by Crippen LogP contribution is -1.99. The molecule has 0 radical (unpaired) electrons. The van der Waals surface area contributed by atoms with Crippen LogP contribution in [0.25, 0.3) is 21.6 Å². The summed E-state index contributed by atoms with van der Waals surface area (Å²) in [5.41, 5.74) is 10.7. The van der Waals surface area contributed by atoms with Gasteiger partial charge in [0.25, 0.3) is 0 Å². The molecule has 3 aromatic rings. The summed E-state index contributed by atoms with van der Waals surface area (Å²) < 4.78 is 0. The van der Waals surface area contributed by atoms with Crippen molar-refractivity contribution in [2.24, 2.45) is 5.73 Å². The number of thiazole rings is 1. The lowest BCUT2D eigenvalue weighted by molar-refractivity contribution is 0.748. The molecule has 0 bridgehead atoms. The topological polar surface area (TPSA) is 54.7 Å². The van der Waals surface area contributed by atoms with E-state index in [0.29, 0.717) is 0 Å². The van der Waals surface area contributed by atoms with Gasteiger partial charge in [-0.3, -0.25) is 0 Å². The molecule has 2 heterocycles. The molecule has 0 unspecified atom stereocenters. The van der Waals surface area contributed by atoms with E-state index in [9.17, 15) is 0 Å². The SMILES string of the molecule is Cc1cccc2c(CCCCN)c(-c3nccs3)[nH]c12. The normalized spacial score (nSPS) is 11.3. The van der Waals surface area contributed by atoms with Gasteiger partial charge in [0.15, 0.2) is 0 Å². The molecule has 4 heteroatoms. The molecule has 3 nitrogen and oxygen atoms in total. The van der Waals surface area contributed by atoms with Gasteiger partial charge in [-0.1, -0.05) is 18.2 Å². The molecule has 0 atom stereocenters. The van der Waals surface area contributed by atoms with E-state index in [1.54, 1.807) is 11.3 Å². The average molecular weight is 285 g/mol. The number of hydrogen-bond donors (Lipinski definition) is 2. The number of aromatic nitrogens is 2. The number of nitrogens with one attached hydrogen (secondary N) is 1. The molecule has 2 aromatic heterocycles. The second kappa shape index (κ2) is 5.77. The number of fused-ring (bicyclic) bond motifs is 1. The van der Waals surface area contributed by atoms with Crippen LogP contribution in [-0.4, -0.2) is 16.5 Å². The number of hydrogen-bond acceptors (Lipinski definition) is 3. The summed E-state index contributed by atoms with van der Waals surface area (Å²) in [4.78, 5) is 8.04. The molecule has 3 N–H and O–H groups in total. The molecule has 3 rings (SSSR count). The van der Waals surface area contributed by atoms with Crippen molar-refractivity contribution in [2.45, 2.75) is 26.2 Å². The molecule has 0 fully saturated rings. The Bertz CT molecular complexity index is 698. The van der Waals surface area contributed by atoms with Gasteiger partial charge in [-0.05, 0) is 43.9 Å². The largest absolute Gasteiger partial charge is 0.352 e. The predicted octanol–water partition coefficient (Wildman–Crippen LogP) is 3.88. The quantitative estimate of drug-likeness (QED) is 0.699. The van der Waals surface area contributed by atoms with E-state index in [1.807, 2.05) is 11.6 Å². The molecule has 0 aliphatic heterocycles. The van der Waals surface area contributed by atoms with Gasteiger partial charge >= 0.3 is 0 Å². The summed E-state index contributed by atoms with van der Waals surface area (Å²) in [6.45, 7) is 2.90. The van der Waals surface area contributed by atoms with Gasteiger partial charge in [0.1, 0.15) is 5.01 Å². The Morgan fingerprint density at radius 1 is 1.30 bits per heavy atom. The Labute approximate surface area is 122 Å². The van der Waals surface area contributed by atoms with Crippen LogP contribution in [0, 0.1) is 6.92 Å². The first-order valence-electron chi connectivity index (χ1n) is 7.01. The highest BCUT2D eigenvalue weighted by molar-refractivity contribution is 7.13. The van der Waals surface area contributed by atoms with Gasteiger partial charge in [0, 0.05) is 22.5 Å². The van der Waals surface area contributed by atoms with Crippen LogP contribution in [0.4, 0.5) is 0 Å². The van der Waals surface area contributed by atoms with Crippen molar-refractivity contribution < 1.29 is 0 Å². The first kappa shape index (κ1) is 13.3. The van der Waals surface area contributed by atoms with Crippen molar-refractivity contribution in [3.63, 3.8) is 0 Å². The molecule has 0 saturated heterocycles. The third-order valence-corrected chi connectivity index (χ3v) is 4.47. The minimum atomic E-state index is 0.758. The third-order valence-electron chi connectivity index (χ3n) is 3.68. The van der Waals surface area contributed by atoms with Crippen molar-refractivity contribution >= 4 is 22.2 Å². The van der Waals surface area contributed by atoms with Crippen LogP contribution in [0.3, 0.4) is 0 Å². The Kier molecular flexibility index (Phi) is 3.85. The molecule has 0 saturated carbocycles. The first-order valence-corrected chi connectivity index (χ1v) is 7.89. The zero-order chi connectivity index (χ0) is 13.9. The van der Waals surface area contributed by atoms with Crippen molar-refractivity contribution in [3.05, 3.63) is 40.9 Å². The number of aryl methyl sites for hydroxylation is 2. The van der Waals surface area contributed by atoms with E-state index < -0.39 is 0 Å². The Morgan fingerprint density at radius 2 is 2.20 bits per heavy atom. The lowest BCUT2D eigenvalue weighted by Gasteiger charge is -2.02. The smallest absolute Gasteiger partial charge is 0.139 e. The average Bonchev–Trinajstić information content (AvgIpc) is 3.07. The zero-order valence-corrected chi connectivity index (χ0v) is 12.5. The number of nitrogens with two attached hydrogens (primary N) is 1. The van der Waals surface area contributed by atoms with E-state index >= 15 is 0 Å². The number of benzene rings is 1. The van der Waals surface area contributed by atoms with Crippen LogP contribution in [-0.2, 0) is 6.42 Å². The summed E-state index contributed by atoms with van der Waals surface area (Å²) in [5.74, 6) is 0. The number of H-pyrrole nitrogens is 1. The molecule has 0 spiro atoms. The van der Waals surface area contributed by atoms with Crippen LogP contribution >= 0.6 is 11.3 Å². The van der Waals surface area contributed by atoms with Crippen LogP contribution in [0.2, 0.25) is 0 Å². The highest BCUT2D eigenvalue weighted by Crippen LogP contribution is 2.33. The zero-order valence-electron chi connectivity index (χ0n) is 11.6. The fourth-order valence-electron chi connectivity index (χ4n) is 2.66. The Morgan fingerprint density at radius 3 is 2.95 bits per heavy atom. The van der Waals surface area contributed by atoms with Crippen molar-refractivity contribution in [3.8, 4) is 10.7 Å². The fraction of sp³-hybridized carbons (Fsp3) is 0.312. The second-order valence-corrected chi connectivity index (χ2v) is 5.95. The Hall–Kier alpha value is -1.65. The molecule has 0 aliphatic carbocycles. The second-order valence-electron chi connectivity index (χ2n) is 5.06. The van der Waals surface area contributed by atoms with Crippen molar-refractivity contribution in [2.75, 3.05) is 6.54 Å². The predicted molar refractivity (Wildman–Crippen MR) is 86.1 cm³/mol. The van der Waals surface area contributed by atoms with Crippen LogP contribution < -0.4 is 5.73 Å². The maximum Gasteiger partial charge on any atom is 0.139 e. The summed E-state index contributed by atoms with van der Waals surface area (Å²) in [5, 5.41) is 4.42. The minimum Gasteiger partial charge on any atom is -0.352 e. The maximum atomic E-state index is 5.62. The highest BCUT2D eigenvalue weighted by Gasteiger charge is 2.15. The lowest BCUT2D eigenvalue weighted by atomic mass is 10.0. The molecule has 0 aliphatic rings. The number of nitrogens with zero attached hydrogens (tertiary/aromatic N) is 1. The van der Waals surface area contributed by atoms with E-state index in [4.69, 9.17) is 5.73 Å². The van der Waals surface area contributed by atoms with E-state index in [1.165, 1.54) is 27.7 Å². The Balaban J connectivity index is 2.12. The molecular weight excluding hydrogens is 266 g/mol. The number of rotatable bonds is 5. The number of aromatic amines is 1. The number of unbranched alkanes of at least 4 members (excludes halogenated alkanes) is 1. The minimum absolute atomic E-state index is 0.758. The summed E-state index contributed by atoms with van der Waals surface area (Å²) >= 11 is 1.68. The molecule has 0 amide bonds. The summed E-state index contributed by atoms with van der Waals surface area (Å²) in [6.07, 6.45) is 5.10. The maximum absolute atomic E-state index is 5.62. The third kappa shape index (κ3) is 2.37. The number of para-hydroxylation sites is 1. The molecule has 20 heavy (non-hydrogen) atoms. The van der Waals surface area contributed by atoms with Gasteiger partial charge in [0.05, 0.1) is 5.69 Å². The van der Waals surface area contributed by atoms with Crippen LogP contribution in [0.1, 0.15) is 24.0 Å². The van der Waals surface area contributed by atoms with Crippen LogP contribution in [0.5, 0.6) is 0 Å². The standard InChI is InChI=1S/C16H19N3S/c1-11-5-4-7-12-13(6-2-3-8-17)15(19-14(11)12)16-18-9-10-20-16/h4-5,7,9-10,19H,2-3,6,8,17H2,1H3.